The minimum Gasteiger partial charge on any atom is -0.316 e. The summed E-state index contributed by atoms with van der Waals surface area (Å²) in [6.07, 6.45) is 2.84. The van der Waals surface area contributed by atoms with Crippen LogP contribution >= 0.6 is 0 Å². The minimum absolute atomic E-state index is 0.918. The highest BCUT2D eigenvalue weighted by Gasteiger charge is 2.23. The molecule has 2 saturated heterocycles. The predicted molar refractivity (Wildman–Crippen MR) is 42.0 cm³/mol. The molecule has 0 aromatic heterocycles. The van der Waals surface area contributed by atoms with E-state index in [-0.39, 0.29) is 0 Å². The van der Waals surface area contributed by atoms with Crippen LogP contribution in [0.1, 0.15) is 12.8 Å². The largest absolute Gasteiger partial charge is 0.316 e. The van der Waals surface area contributed by atoms with Crippen molar-refractivity contribution in [1.29, 1.82) is 0 Å². The molecule has 2 aliphatic rings. The maximum absolute atomic E-state index is 3.49. The van der Waals surface area contributed by atoms with E-state index in [1.54, 1.807) is 0 Å². The Kier molecular flexibility index (Phi) is 1.91. The van der Waals surface area contributed by atoms with Gasteiger partial charge in [0.05, 0.1) is 0 Å². The number of hydrogen-bond donors (Lipinski definition) is 2. The second kappa shape index (κ2) is 2.89. The van der Waals surface area contributed by atoms with E-state index in [2.05, 4.69) is 10.6 Å². The molecule has 0 saturated carbocycles. The van der Waals surface area contributed by atoms with Crippen molar-refractivity contribution in [2.75, 3.05) is 26.2 Å². The lowest BCUT2D eigenvalue weighted by Gasteiger charge is -2.26. The molecule has 0 radical (unpaired) electrons. The second-order valence-electron chi connectivity index (χ2n) is 3.62. The SMILES string of the molecule is C1CC2CNCC(CN1)C2. The Balaban J connectivity index is 1.96. The first-order chi connectivity index (χ1) is 4.95. The summed E-state index contributed by atoms with van der Waals surface area (Å²) in [4.78, 5) is 0. The van der Waals surface area contributed by atoms with Crippen LogP contribution < -0.4 is 10.6 Å². The van der Waals surface area contributed by atoms with Gasteiger partial charge in [-0.3, -0.25) is 0 Å². The third-order valence-electron chi connectivity index (χ3n) is 2.70. The molecular formula is C8H16N2. The molecule has 2 rings (SSSR count). The van der Waals surface area contributed by atoms with Gasteiger partial charge in [0.15, 0.2) is 0 Å². The van der Waals surface area contributed by atoms with Gasteiger partial charge in [-0.1, -0.05) is 0 Å². The van der Waals surface area contributed by atoms with Gasteiger partial charge in [0, 0.05) is 0 Å². The smallest absolute Gasteiger partial charge is 0.000815 e. The average molecular weight is 140 g/mol. The van der Waals surface area contributed by atoms with Crippen LogP contribution in [0.4, 0.5) is 0 Å². The Morgan fingerprint density at radius 3 is 2.70 bits per heavy atom. The number of hydrogen-bond acceptors (Lipinski definition) is 2. The van der Waals surface area contributed by atoms with Crippen molar-refractivity contribution in [3.8, 4) is 0 Å². The first kappa shape index (κ1) is 6.62. The molecule has 2 unspecified atom stereocenters. The third-order valence-corrected chi connectivity index (χ3v) is 2.70. The van der Waals surface area contributed by atoms with E-state index in [1.807, 2.05) is 0 Å². The molecule has 58 valence electrons. The van der Waals surface area contributed by atoms with Crippen LogP contribution in [0.2, 0.25) is 0 Å². The van der Waals surface area contributed by atoms with Gasteiger partial charge in [-0.2, -0.15) is 0 Å². The van der Waals surface area contributed by atoms with E-state index >= 15 is 0 Å². The van der Waals surface area contributed by atoms with E-state index in [9.17, 15) is 0 Å². The van der Waals surface area contributed by atoms with E-state index in [1.165, 1.54) is 39.0 Å². The van der Waals surface area contributed by atoms with Gasteiger partial charge in [-0.25, -0.2) is 0 Å². The lowest BCUT2D eigenvalue weighted by Crippen LogP contribution is -2.37. The summed E-state index contributed by atoms with van der Waals surface area (Å²) in [7, 11) is 0. The van der Waals surface area contributed by atoms with Crippen molar-refractivity contribution in [2.45, 2.75) is 12.8 Å². The van der Waals surface area contributed by atoms with Crippen LogP contribution in [0.5, 0.6) is 0 Å². The number of nitrogens with one attached hydrogen (secondary N) is 2. The summed E-state index contributed by atoms with van der Waals surface area (Å²) in [5.74, 6) is 1.88. The number of rotatable bonds is 0. The van der Waals surface area contributed by atoms with E-state index < -0.39 is 0 Å². The average Bonchev–Trinajstić information content (AvgIpc) is 2.12. The van der Waals surface area contributed by atoms with Crippen LogP contribution in [-0.4, -0.2) is 26.2 Å². The molecular weight excluding hydrogens is 124 g/mol. The molecule has 0 aromatic rings. The Morgan fingerprint density at radius 2 is 1.70 bits per heavy atom. The molecule has 2 fully saturated rings. The number of piperidine rings is 1. The highest BCUT2D eigenvalue weighted by Crippen LogP contribution is 2.20. The Labute approximate surface area is 62.4 Å². The Bertz CT molecular complexity index is 102. The summed E-state index contributed by atoms with van der Waals surface area (Å²) in [6.45, 7) is 4.98. The summed E-state index contributed by atoms with van der Waals surface area (Å²) >= 11 is 0. The van der Waals surface area contributed by atoms with Crippen LogP contribution in [0.3, 0.4) is 0 Å². The predicted octanol–water partition coefficient (Wildman–Crippen LogP) is 0.205. The highest BCUT2D eigenvalue weighted by molar-refractivity contribution is 4.80. The van der Waals surface area contributed by atoms with Gasteiger partial charge in [0.1, 0.15) is 0 Å². The maximum Gasteiger partial charge on any atom is -0.000815 e. The number of fused-ring (bicyclic) bond motifs is 2. The van der Waals surface area contributed by atoms with Crippen LogP contribution in [0.25, 0.3) is 0 Å². The highest BCUT2D eigenvalue weighted by atomic mass is 14.9. The zero-order chi connectivity index (χ0) is 6.81. The molecule has 0 amide bonds. The topological polar surface area (TPSA) is 24.1 Å². The molecule has 2 bridgehead atoms. The molecule has 2 atom stereocenters. The fourth-order valence-corrected chi connectivity index (χ4v) is 2.12. The van der Waals surface area contributed by atoms with Gasteiger partial charge in [-0.05, 0) is 50.9 Å². The van der Waals surface area contributed by atoms with Crippen molar-refractivity contribution >= 4 is 0 Å². The summed E-state index contributed by atoms with van der Waals surface area (Å²) in [6, 6.07) is 0. The first-order valence-electron chi connectivity index (χ1n) is 4.36. The molecule has 0 aliphatic carbocycles. The molecule has 10 heavy (non-hydrogen) atoms. The molecule has 2 heterocycles. The lowest BCUT2D eigenvalue weighted by atomic mass is 9.90. The van der Waals surface area contributed by atoms with Crippen LogP contribution in [-0.2, 0) is 0 Å². The van der Waals surface area contributed by atoms with E-state index in [4.69, 9.17) is 0 Å². The summed E-state index contributed by atoms with van der Waals surface area (Å²) in [5.41, 5.74) is 0. The first-order valence-corrected chi connectivity index (χ1v) is 4.36. The fraction of sp³-hybridized carbons (Fsp3) is 1.00. The standard InChI is InChI=1S/C8H16N2/c1-2-9-5-8-3-7(1)4-10-6-8/h7-10H,1-6H2. The van der Waals surface area contributed by atoms with Gasteiger partial charge >= 0.3 is 0 Å². The normalized spacial score (nSPS) is 40.8. The van der Waals surface area contributed by atoms with Gasteiger partial charge in [-0.15, -0.1) is 0 Å². The van der Waals surface area contributed by atoms with E-state index in [0.29, 0.717) is 0 Å². The third kappa shape index (κ3) is 1.32. The van der Waals surface area contributed by atoms with Crippen LogP contribution in [0.15, 0.2) is 0 Å². The summed E-state index contributed by atoms with van der Waals surface area (Å²) < 4.78 is 0. The zero-order valence-electron chi connectivity index (χ0n) is 6.40. The summed E-state index contributed by atoms with van der Waals surface area (Å²) in [5, 5.41) is 6.97. The van der Waals surface area contributed by atoms with Gasteiger partial charge in [0.2, 0.25) is 0 Å². The molecule has 0 aromatic carbocycles. The van der Waals surface area contributed by atoms with Crippen molar-refractivity contribution in [1.82, 2.24) is 10.6 Å². The molecule has 0 spiro atoms. The molecule has 2 aliphatic heterocycles. The monoisotopic (exact) mass is 140 g/mol. The second-order valence-corrected chi connectivity index (χ2v) is 3.62. The maximum atomic E-state index is 3.49. The minimum atomic E-state index is 0.918. The van der Waals surface area contributed by atoms with Gasteiger partial charge in [0.25, 0.3) is 0 Å². The van der Waals surface area contributed by atoms with Gasteiger partial charge < -0.3 is 10.6 Å². The van der Waals surface area contributed by atoms with Crippen molar-refractivity contribution < 1.29 is 0 Å². The fourth-order valence-electron chi connectivity index (χ4n) is 2.12. The van der Waals surface area contributed by atoms with E-state index in [0.717, 1.165) is 11.8 Å². The van der Waals surface area contributed by atoms with Crippen molar-refractivity contribution in [2.24, 2.45) is 11.8 Å². The Morgan fingerprint density at radius 1 is 0.900 bits per heavy atom. The zero-order valence-corrected chi connectivity index (χ0v) is 6.40. The Hall–Kier alpha value is -0.0800. The molecule has 2 heteroatoms. The molecule has 2 N–H and O–H groups in total. The quantitative estimate of drug-likeness (QED) is 0.502. The van der Waals surface area contributed by atoms with Crippen molar-refractivity contribution in [3.05, 3.63) is 0 Å². The molecule has 2 nitrogen and oxygen atoms in total. The van der Waals surface area contributed by atoms with Crippen molar-refractivity contribution in [3.63, 3.8) is 0 Å². The lowest BCUT2D eigenvalue weighted by molar-refractivity contribution is 0.303. The van der Waals surface area contributed by atoms with Crippen LogP contribution in [0, 0.1) is 11.8 Å².